The van der Waals surface area contributed by atoms with E-state index in [0.717, 1.165) is 22.8 Å². The van der Waals surface area contributed by atoms with Gasteiger partial charge in [0, 0.05) is 36.4 Å². The van der Waals surface area contributed by atoms with Gasteiger partial charge in [-0.05, 0) is 23.6 Å². The van der Waals surface area contributed by atoms with E-state index in [-0.39, 0.29) is 5.41 Å². The molecule has 0 atom stereocenters. The van der Waals surface area contributed by atoms with Gasteiger partial charge in [0.25, 0.3) is 0 Å². The van der Waals surface area contributed by atoms with E-state index in [1.54, 1.807) is 6.20 Å². The Morgan fingerprint density at radius 1 is 1.00 bits per heavy atom. The lowest BCUT2D eigenvalue weighted by Crippen LogP contribution is -2.20. The molecule has 0 fully saturated rings. The highest BCUT2D eigenvalue weighted by Crippen LogP contribution is 2.31. The quantitative estimate of drug-likeness (QED) is 0.576. The van der Waals surface area contributed by atoms with Gasteiger partial charge in [-0.15, -0.1) is 0 Å². The van der Waals surface area contributed by atoms with Crippen LogP contribution in [0.15, 0.2) is 49.2 Å². The highest BCUT2D eigenvalue weighted by atomic mass is 15.1. The first-order chi connectivity index (χ1) is 11.4. The van der Waals surface area contributed by atoms with Gasteiger partial charge in [-0.2, -0.15) is 0 Å². The summed E-state index contributed by atoms with van der Waals surface area (Å²) >= 11 is 0. The first-order valence-corrected chi connectivity index (χ1v) is 8.24. The molecule has 0 N–H and O–H groups in total. The van der Waals surface area contributed by atoms with Crippen LogP contribution in [0.2, 0.25) is 0 Å². The van der Waals surface area contributed by atoms with E-state index in [9.17, 15) is 0 Å². The monoisotopic (exact) mass is 319 g/mol. The highest BCUT2D eigenvalue weighted by Gasteiger charge is 2.27. The zero-order valence-corrected chi connectivity index (χ0v) is 14.4. The number of aromatic nitrogens is 5. The van der Waals surface area contributed by atoms with Crippen molar-refractivity contribution < 1.29 is 0 Å². The molecule has 4 rings (SSSR count). The van der Waals surface area contributed by atoms with Crippen LogP contribution in [0.25, 0.3) is 11.4 Å². The van der Waals surface area contributed by atoms with Gasteiger partial charge in [0.2, 0.25) is 5.78 Å². The minimum Gasteiger partial charge on any atom is -0.307 e. The Morgan fingerprint density at radius 3 is 2.58 bits per heavy atom. The zero-order chi connectivity index (χ0) is 16.9. The van der Waals surface area contributed by atoms with Crippen LogP contribution in [0.5, 0.6) is 0 Å². The summed E-state index contributed by atoms with van der Waals surface area (Å²) in [5.74, 6) is 1.15. The van der Waals surface area contributed by atoms with Crippen molar-refractivity contribution in [1.82, 2.24) is 23.8 Å². The molecule has 122 valence electrons. The molecule has 0 aromatic carbocycles. The molecular formula is C19H21N5. The molecular weight excluding hydrogens is 298 g/mol. The molecule has 0 aliphatic heterocycles. The van der Waals surface area contributed by atoms with Crippen molar-refractivity contribution >= 4 is 11.4 Å². The number of rotatable bonds is 3. The normalized spacial score (nSPS) is 12.5. The first kappa shape index (κ1) is 14.9. The summed E-state index contributed by atoms with van der Waals surface area (Å²) in [5.41, 5.74) is 4.08. The summed E-state index contributed by atoms with van der Waals surface area (Å²) in [4.78, 5) is 13.7. The predicted octanol–water partition coefficient (Wildman–Crippen LogP) is 3.83. The van der Waals surface area contributed by atoms with Crippen LogP contribution >= 0.6 is 0 Å². The summed E-state index contributed by atoms with van der Waals surface area (Å²) in [6.45, 7) is 8.71. The van der Waals surface area contributed by atoms with E-state index >= 15 is 0 Å². The molecule has 0 saturated carbocycles. The third-order valence-electron chi connectivity index (χ3n) is 4.66. The van der Waals surface area contributed by atoms with Crippen LogP contribution in [-0.2, 0) is 5.41 Å². The van der Waals surface area contributed by atoms with Crippen LogP contribution in [0.3, 0.4) is 0 Å². The smallest absolute Gasteiger partial charge is 0.233 e. The summed E-state index contributed by atoms with van der Waals surface area (Å²) in [5, 5.41) is 0. The molecule has 4 aromatic rings. The Kier molecular flexibility index (Phi) is 3.20. The second kappa shape index (κ2) is 5.16. The summed E-state index contributed by atoms with van der Waals surface area (Å²) in [6, 6.07) is 6.14. The SMILES string of the molecule is CC(C)c1cn2cc(C(C)(C)c3cn4cccnc4n3)ccc2n1. The molecule has 24 heavy (non-hydrogen) atoms. The van der Waals surface area contributed by atoms with Crippen LogP contribution < -0.4 is 0 Å². The Balaban J connectivity index is 1.81. The third kappa shape index (κ3) is 2.28. The van der Waals surface area contributed by atoms with E-state index in [1.165, 1.54) is 5.56 Å². The molecule has 0 saturated heterocycles. The van der Waals surface area contributed by atoms with E-state index in [1.807, 2.05) is 16.7 Å². The van der Waals surface area contributed by atoms with Crippen molar-refractivity contribution in [3.63, 3.8) is 0 Å². The molecule has 0 radical (unpaired) electrons. The number of hydrogen-bond acceptors (Lipinski definition) is 3. The Labute approximate surface area is 141 Å². The van der Waals surface area contributed by atoms with Crippen molar-refractivity contribution in [3.05, 3.63) is 66.1 Å². The van der Waals surface area contributed by atoms with Gasteiger partial charge in [0.15, 0.2) is 0 Å². The van der Waals surface area contributed by atoms with Crippen molar-refractivity contribution in [2.75, 3.05) is 0 Å². The largest absolute Gasteiger partial charge is 0.307 e. The van der Waals surface area contributed by atoms with Gasteiger partial charge in [0.1, 0.15) is 5.65 Å². The average molecular weight is 319 g/mol. The van der Waals surface area contributed by atoms with E-state index in [0.29, 0.717) is 5.92 Å². The van der Waals surface area contributed by atoms with Crippen molar-refractivity contribution in [1.29, 1.82) is 0 Å². The highest BCUT2D eigenvalue weighted by molar-refractivity contribution is 5.46. The Morgan fingerprint density at radius 2 is 1.83 bits per heavy atom. The van der Waals surface area contributed by atoms with Crippen molar-refractivity contribution in [2.45, 2.75) is 39.0 Å². The third-order valence-corrected chi connectivity index (χ3v) is 4.66. The second-order valence-electron chi connectivity index (χ2n) is 7.08. The molecule has 4 aromatic heterocycles. The molecule has 4 heterocycles. The lowest BCUT2D eigenvalue weighted by Gasteiger charge is -2.23. The van der Waals surface area contributed by atoms with Crippen LogP contribution in [0, 0.1) is 0 Å². The molecule has 0 bridgehead atoms. The summed E-state index contributed by atoms with van der Waals surface area (Å²) in [7, 11) is 0. The average Bonchev–Trinajstić information content (AvgIpc) is 3.18. The first-order valence-electron chi connectivity index (χ1n) is 8.24. The van der Waals surface area contributed by atoms with Crippen molar-refractivity contribution in [2.24, 2.45) is 0 Å². The van der Waals surface area contributed by atoms with E-state index in [4.69, 9.17) is 4.98 Å². The zero-order valence-electron chi connectivity index (χ0n) is 14.4. The lowest BCUT2D eigenvalue weighted by atomic mass is 9.83. The van der Waals surface area contributed by atoms with Gasteiger partial charge in [-0.25, -0.2) is 15.0 Å². The minimum absolute atomic E-state index is 0.218. The minimum atomic E-state index is -0.218. The van der Waals surface area contributed by atoms with E-state index < -0.39 is 0 Å². The van der Waals surface area contributed by atoms with Gasteiger partial charge in [-0.3, -0.25) is 4.40 Å². The maximum absolute atomic E-state index is 4.70. The van der Waals surface area contributed by atoms with Gasteiger partial charge in [-0.1, -0.05) is 33.8 Å². The number of imidazole rings is 2. The number of hydrogen-bond donors (Lipinski definition) is 0. The lowest BCUT2D eigenvalue weighted by molar-refractivity contribution is 0.617. The Hall–Kier alpha value is -2.69. The van der Waals surface area contributed by atoms with Crippen LogP contribution in [0.4, 0.5) is 0 Å². The topological polar surface area (TPSA) is 47.5 Å². The molecule has 0 amide bonds. The number of nitrogens with zero attached hydrogens (tertiary/aromatic N) is 5. The van der Waals surface area contributed by atoms with E-state index in [2.05, 4.69) is 72.8 Å². The van der Waals surface area contributed by atoms with Crippen molar-refractivity contribution in [3.8, 4) is 0 Å². The summed E-state index contributed by atoms with van der Waals surface area (Å²) < 4.78 is 4.07. The van der Waals surface area contributed by atoms with Crippen LogP contribution in [-0.4, -0.2) is 23.8 Å². The van der Waals surface area contributed by atoms with Gasteiger partial charge < -0.3 is 4.40 Å². The fourth-order valence-electron chi connectivity index (χ4n) is 2.94. The molecule has 0 unspecified atom stereocenters. The fourth-order valence-corrected chi connectivity index (χ4v) is 2.94. The maximum Gasteiger partial charge on any atom is 0.233 e. The molecule has 5 nitrogen and oxygen atoms in total. The van der Waals surface area contributed by atoms with Gasteiger partial charge >= 0.3 is 0 Å². The Bertz CT molecular complexity index is 990. The number of pyridine rings is 1. The predicted molar refractivity (Wildman–Crippen MR) is 94.4 cm³/mol. The standard InChI is InChI=1S/C19H21N5/c1-13(2)15-11-24-10-14(6-7-17(24)21-15)19(3,4)16-12-23-9-5-8-20-18(23)22-16/h5-13H,1-4H3. The van der Waals surface area contributed by atoms with Gasteiger partial charge in [0.05, 0.1) is 11.4 Å². The van der Waals surface area contributed by atoms with Crippen LogP contribution in [0.1, 0.15) is 50.6 Å². The summed E-state index contributed by atoms with van der Waals surface area (Å²) in [6.07, 6.45) is 10.1. The molecule has 5 heteroatoms. The molecule has 0 aliphatic rings. The molecule has 0 aliphatic carbocycles. The second-order valence-corrected chi connectivity index (χ2v) is 7.08. The molecule has 0 spiro atoms. The maximum atomic E-state index is 4.70. The number of fused-ring (bicyclic) bond motifs is 2. The fraction of sp³-hybridized carbons (Fsp3) is 0.316.